The highest BCUT2D eigenvalue weighted by Crippen LogP contribution is 2.58. The Morgan fingerprint density at radius 1 is 0.815 bits per heavy atom. The van der Waals surface area contributed by atoms with E-state index in [4.69, 9.17) is 0 Å². The molecule has 0 saturated carbocycles. The molecule has 0 amide bonds. The summed E-state index contributed by atoms with van der Waals surface area (Å²) in [5.74, 6) is 0. The van der Waals surface area contributed by atoms with Gasteiger partial charge >= 0.3 is 0 Å². The lowest BCUT2D eigenvalue weighted by atomic mass is 9.59. The molecule has 0 bridgehead atoms. The van der Waals surface area contributed by atoms with Gasteiger partial charge in [-0.3, -0.25) is 0 Å². The molecule has 142 valence electrons. The molecular formula is C25H32N2. The lowest BCUT2D eigenvalue weighted by molar-refractivity contribution is 0.232. The Hall–Kier alpha value is -2.22. The highest BCUT2D eigenvalue weighted by atomic mass is 15.4. The zero-order valence-corrected chi connectivity index (χ0v) is 18.0. The molecule has 0 fully saturated rings. The van der Waals surface area contributed by atoms with Crippen LogP contribution in [0.25, 0.3) is 0 Å². The Balaban J connectivity index is 1.99. The third-order valence-electron chi connectivity index (χ3n) is 7.51. The monoisotopic (exact) mass is 360 g/mol. The Bertz CT molecular complexity index is 949. The van der Waals surface area contributed by atoms with Crippen LogP contribution in [-0.4, -0.2) is 6.17 Å². The van der Waals surface area contributed by atoms with Crippen LogP contribution < -0.4 is 9.80 Å². The normalized spacial score (nSPS) is 22.4. The van der Waals surface area contributed by atoms with E-state index in [1.807, 2.05) is 0 Å². The molecule has 2 aliphatic heterocycles. The smallest absolute Gasteiger partial charge is 0.107 e. The third kappa shape index (κ3) is 2.25. The van der Waals surface area contributed by atoms with Gasteiger partial charge in [-0.05, 0) is 56.0 Å². The van der Waals surface area contributed by atoms with Crippen LogP contribution in [0, 0.1) is 26.2 Å². The summed E-state index contributed by atoms with van der Waals surface area (Å²) in [6.45, 7) is 18.6. The first-order valence-electron chi connectivity index (χ1n) is 10.0. The van der Waals surface area contributed by atoms with Crippen molar-refractivity contribution in [2.24, 2.45) is 5.41 Å². The van der Waals surface area contributed by atoms with Crippen LogP contribution in [0.2, 0.25) is 0 Å². The molecule has 27 heavy (non-hydrogen) atoms. The largest absolute Gasteiger partial charge is 0.325 e. The van der Waals surface area contributed by atoms with E-state index < -0.39 is 0 Å². The molecule has 0 N–H and O–H groups in total. The van der Waals surface area contributed by atoms with Gasteiger partial charge < -0.3 is 9.80 Å². The quantitative estimate of drug-likeness (QED) is 0.577. The average Bonchev–Trinajstić information content (AvgIpc) is 2.94. The molecule has 1 atom stereocenters. The summed E-state index contributed by atoms with van der Waals surface area (Å²) >= 11 is 0. The molecule has 2 heterocycles. The van der Waals surface area contributed by atoms with Gasteiger partial charge in [0.2, 0.25) is 0 Å². The number of para-hydroxylation sites is 1. The van der Waals surface area contributed by atoms with Crippen molar-refractivity contribution in [3.8, 4) is 0 Å². The first kappa shape index (κ1) is 18.2. The van der Waals surface area contributed by atoms with Gasteiger partial charge in [0, 0.05) is 34.1 Å². The highest BCUT2D eigenvalue weighted by molar-refractivity contribution is 5.76. The van der Waals surface area contributed by atoms with E-state index in [9.17, 15) is 0 Å². The molecule has 0 aromatic heterocycles. The number of anilines is 2. The van der Waals surface area contributed by atoms with E-state index in [2.05, 4.69) is 108 Å². The van der Waals surface area contributed by atoms with E-state index in [1.165, 1.54) is 39.3 Å². The van der Waals surface area contributed by atoms with Crippen molar-refractivity contribution in [3.05, 3.63) is 70.5 Å². The summed E-state index contributed by atoms with van der Waals surface area (Å²) < 4.78 is 0. The Kier molecular flexibility index (Phi) is 3.79. The van der Waals surface area contributed by atoms with Crippen molar-refractivity contribution >= 4 is 11.4 Å². The van der Waals surface area contributed by atoms with Gasteiger partial charge in [-0.15, -0.1) is 0 Å². The minimum absolute atomic E-state index is 0.0351. The molecule has 2 nitrogen and oxygen atoms in total. The Morgan fingerprint density at radius 3 is 2.15 bits per heavy atom. The second kappa shape index (κ2) is 5.64. The fourth-order valence-electron chi connectivity index (χ4n) is 4.79. The number of benzene rings is 2. The minimum atomic E-state index is 0.0351. The van der Waals surface area contributed by atoms with Crippen LogP contribution in [0.1, 0.15) is 56.9 Å². The second-order valence-electron chi connectivity index (χ2n) is 9.36. The topological polar surface area (TPSA) is 6.48 Å². The first-order valence-corrected chi connectivity index (χ1v) is 10.0. The van der Waals surface area contributed by atoms with Gasteiger partial charge in [-0.2, -0.15) is 0 Å². The number of hydrogen-bond acceptors (Lipinski definition) is 2. The fraction of sp³-hybridized carbons (Fsp3) is 0.440. The molecule has 2 aliphatic rings. The van der Waals surface area contributed by atoms with Crippen LogP contribution in [0.3, 0.4) is 0 Å². The van der Waals surface area contributed by atoms with E-state index >= 15 is 0 Å². The summed E-state index contributed by atoms with van der Waals surface area (Å²) in [7, 11) is 0. The fourth-order valence-corrected chi connectivity index (χ4v) is 4.79. The summed E-state index contributed by atoms with van der Waals surface area (Å²) in [6.07, 6.45) is 2.66. The van der Waals surface area contributed by atoms with Gasteiger partial charge in [0.1, 0.15) is 6.17 Å². The van der Waals surface area contributed by atoms with E-state index in [0.29, 0.717) is 0 Å². The molecule has 0 radical (unpaired) electrons. The van der Waals surface area contributed by atoms with Crippen LogP contribution >= 0.6 is 0 Å². The van der Waals surface area contributed by atoms with Gasteiger partial charge in [-0.25, -0.2) is 0 Å². The standard InChI is InChI=1S/C25H32N2/c1-16-13-14-20-23(18(16)3)27-19(4)26(21-12-10-9-11-17(21)2)15-22(27)25(7,8)24(20,5)6/h9-15,19H,1-8H3/t19-/m1/s1. The summed E-state index contributed by atoms with van der Waals surface area (Å²) in [5.41, 5.74) is 9.78. The Labute approximate surface area is 164 Å². The van der Waals surface area contributed by atoms with Crippen molar-refractivity contribution in [1.29, 1.82) is 0 Å². The van der Waals surface area contributed by atoms with Crippen molar-refractivity contribution < 1.29 is 0 Å². The molecule has 0 spiro atoms. The predicted octanol–water partition coefficient (Wildman–Crippen LogP) is 6.44. The summed E-state index contributed by atoms with van der Waals surface area (Å²) in [5, 5.41) is 0. The predicted molar refractivity (Wildman–Crippen MR) is 116 cm³/mol. The van der Waals surface area contributed by atoms with Crippen molar-refractivity contribution in [1.82, 2.24) is 0 Å². The molecular weight excluding hydrogens is 328 g/mol. The maximum Gasteiger partial charge on any atom is 0.107 e. The molecule has 2 aromatic rings. The second-order valence-corrected chi connectivity index (χ2v) is 9.36. The van der Waals surface area contributed by atoms with Crippen LogP contribution in [0.15, 0.2) is 48.3 Å². The van der Waals surface area contributed by atoms with Gasteiger partial charge in [0.05, 0.1) is 0 Å². The summed E-state index contributed by atoms with van der Waals surface area (Å²) in [6, 6.07) is 13.4. The number of hydrogen-bond donors (Lipinski definition) is 0. The van der Waals surface area contributed by atoms with Gasteiger partial charge in [0.25, 0.3) is 0 Å². The average molecular weight is 361 g/mol. The molecule has 0 unspecified atom stereocenters. The van der Waals surface area contributed by atoms with E-state index in [0.717, 1.165) is 0 Å². The number of nitrogens with zero attached hydrogens (tertiary/aromatic N) is 2. The van der Waals surface area contributed by atoms with Crippen molar-refractivity contribution in [3.63, 3.8) is 0 Å². The van der Waals surface area contributed by atoms with Crippen molar-refractivity contribution in [2.75, 3.05) is 9.80 Å². The number of fused-ring (bicyclic) bond motifs is 3. The minimum Gasteiger partial charge on any atom is -0.325 e. The van der Waals surface area contributed by atoms with Crippen LogP contribution in [-0.2, 0) is 5.41 Å². The van der Waals surface area contributed by atoms with Crippen LogP contribution in [0.5, 0.6) is 0 Å². The number of rotatable bonds is 1. The maximum atomic E-state index is 2.59. The van der Waals surface area contributed by atoms with Gasteiger partial charge in [-0.1, -0.05) is 58.0 Å². The SMILES string of the molecule is Cc1ccccc1N1C=C2N(c3c(ccc(C)c3C)C(C)(C)C2(C)C)[C@@H]1C. The van der Waals surface area contributed by atoms with Gasteiger partial charge in [0.15, 0.2) is 0 Å². The van der Waals surface area contributed by atoms with Crippen LogP contribution in [0.4, 0.5) is 11.4 Å². The molecule has 4 rings (SSSR count). The number of allylic oxidation sites excluding steroid dienone is 1. The molecule has 2 heteroatoms. The highest BCUT2D eigenvalue weighted by Gasteiger charge is 2.53. The van der Waals surface area contributed by atoms with E-state index in [1.54, 1.807) is 0 Å². The number of aryl methyl sites for hydroxylation is 2. The first-order chi connectivity index (χ1) is 12.6. The zero-order valence-electron chi connectivity index (χ0n) is 18.0. The summed E-state index contributed by atoms with van der Waals surface area (Å²) in [4.78, 5) is 5.05. The van der Waals surface area contributed by atoms with E-state index in [-0.39, 0.29) is 17.0 Å². The lowest BCUT2D eigenvalue weighted by Crippen LogP contribution is -2.51. The van der Waals surface area contributed by atoms with Crippen molar-refractivity contribution in [2.45, 2.75) is 67.0 Å². The molecule has 2 aromatic carbocycles. The molecule has 0 aliphatic carbocycles. The zero-order chi connectivity index (χ0) is 19.7. The molecule has 0 saturated heterocycles. The third-order valence-corrected chi connectivity index (χ3v) is 7.51. The lowest BCUT2D eigenvalue weighted by Gasteiger charge is -2.53. The maximum absolute atomic E-state index is 2.59. The Morgan fingerprint density at radius 2 is 1.48 bits per heavy atom.